The Kier molecular flexibility index (Phi) is 7.25. The first-order valence-corrected chi connectivity index (χ1v) is 9.08. The van der Waals surface area contributed by atoms with Gasteiger partial charge in [-0.05, 0) is 37.7 Å². The lowest BCUT2D eigenvalue weighted by Crippen LogP contribution is -2.44. The first-order chi connectivity index (χ1) is 12.0. The van der Waals surface area contributed by atoms with Crippen molar-refractivity contribution in [2.75, 3.05) is 56.5 Å². The van der Waals surface area contributed by atoms with Gasteiger partial charge in [-0.3, -0.25) is 9.59 Å². The maximum absolute atomic E-state index is 12.2. The summed E-state index contributed by atoms with van der Waals surface area (Å²) in [5, 5.41) is 2.88. The number of benzene rings is 1. The summed E-state index contributed by atoms with van der Waals surface area (Å²) in [6.07, 6.45) is 1.91. The average molecular weight is 346 g/mol. The summed E-state index contributed by atoms with van der Waals surface area (Å²) < 4.78 is 0. The van der Waals surface area contributed by atoms with E-state index in [9.17, 15) is 9.59 Å². The lowest BCUT2D eigenvalue weighted by atomic mass is 10.2. The van der Waals surface area contributed by atoms with Crippen LogP contribution in [0.3, 0.4) is 0 Å². The standard InChI is InChI=1S/C19H30N4O2/c1-4-5-10-23(16(2)24)15-19(25)20-17-6-8-18(9-7-17)22-13-11-21(3)12-14-22/h6-9H,4-5,10-15H2,1-3H3,(H,20,25). The van der Waals surface area contributed by atoms with Crippen molar-refractivity contribution in [3.63, 3.8) is 0 Å². The van der Waals surface area contributed by atoms with Crippen LogP contribution in [-0.4, -0.2) is 67.9 Å². The Morgan fingerprint density at radius 1 is 1.12 bits per heavy atom. The lowest BCUT2D eigenvalue weighted by Gasteiger charge is -2.34. The smallest absolute Gasteiger partial charge is 0.243 e. The van der Waals surface area contributed by atoms with Gasteiger partial charge in [0.2, 0.25) is 11.8 Å². The number of hydrogen-bond acceptors (Lipinski definition) is 4. The number of unbranched alkanes of at least 4 members (excludes halogenated alkanes) is 1. The van der Waals surface area contributed by atoms with Crippen LogP contribution in [0.15, 0.2) is 24.3 Å². The summed E-state index contributed by atoms with van der Waals surface area (Å²) in [6.45, 7) is 8.49. The number of hydrogen-bond donors (Lipinski definition) is 1. The fourth-order valence-corrected chi connectivity index (χ4v) is 2.89. The molecule has 2 amide bonds. The Hall–Kier alpha value is -2.08. The zero-order chi connectivity index (χ0) is 18.2. The molecule has 1 fully saturated rings. The molecule has 138 valence electrons. The number of nitrogens with one attached hydrogen (secondary N) is 1. The highest BCUT2D eigenvalue weighted by Gasteiger charge is 2.15. The highest BCUT2D eigenvalue weighted by atomic mass is 16.2. The van der Waals surface area contributed by atoms with E-state index in [1.54, 1.807) is 4.90 Å². The van der Waals surface area contributed by atoms with E-state index in [1.165, 1.54) is 12.6 Å². The van der Waals surface area contributed by atoms with Crippen LogP contribution in [0.1, 0.15) is 26.7 Å². The van der Waals surface area contributed by atoms with E-state index in [-0.39, 0.29) is 18.4 Å². The number of likely N-dealkylation sites (N-methyl/N-ethyl adjacent to an activating group) is 1. The maximum atomic E-state index is 12.2. The molecule has 0 unspecified atom stereocenters. The van der Waals surface area contributed by atoms with Gasteiger partial charge in [0.05, 0.1) is 6.54 Å². The van der Waals surface area contributed by atoms with Crippen molar-refractivity contribution in [1.82, 2.24) is 9.80 Å². The van der Waals surface area contributed by atoms with Crippen molar-refractivity contribution in [2.45, 2.75) is 26.7 Å². The molecule has 1 aliphatic rings. The summed E-state index contributed by atoms with van der Waals surface area (Å²) in [5.74, 6) is -0.215. The second-order valence-corrected chi connectivity index (χ2v) is 6.68. The van der Waals surface area contributed by atoms with Crippen LogP contribution >= 0.6 is 0 Å². The van der Waals surface area contributed by atoms with Gasteiger partial charge in [0.25, 0.3) is 0 Å². The quantitative estimate of drug-likeness (QED) is 0.821. The molecule has 0 aliphatic carbocycles. The second-order valence-electron chi connectivity index (χ2n) is 6.68. The van der Waals surface area contributed by atoms with Crippen LogP contribution in [0.25, 0.3) is 0 Å². The molecule has 25 heavy (non-hydrogen) atoms. The molecular formula is C19H30N4O2. The van der Waals surface area contributed by atoms with E-state index >= 15 is 0 Å². The molecule has 6 heteroatoms. The molecule has 1 aliphatic heterocycles. The molecule has 1 aromatic rings. The zero-order valence-corrected chi connectivity index (χ0v) is 15.6. The van der Waals surface area contributed by atoms with Gasteiger partial charge in [0, 0.05) is 51.0 Å². The monoisotopic (exact) mass is 346 g/mol. The van der Waals surface area contributed by atoms with Gasteiger partial charge in [-0.25, -0.2) is 0 Å². The van der Waals surface area contributed by atoms with Gasteiger partial charge in [-0.15, -0.1) is 0 Å². The minimum absolute atomic E-state index is 0.0611. The molecule has 1 aromatic carbocycles. The molecule has 1 heterocycles. The van der Waals surface area contributed by atoms with E-state index in [0.717, 1.165) is 44.7 Å². The number of carbonyl (C=O) groups is 2. The topological polar surface area (TPSA) is 55.9 Å². The van der Waals surface area contributed by atoms with Crippen LogP contribution in [0, 0.1) is 0 Å². The van der Waals surface area contributed by atoms with Gasteiger partial charge in [0.15, 0.2) is 0 Å². The third-order valence-corrected chi connectivity index (χ3v) is 4.58. The molecule has 0 atom stereocenters. The Bertz CT molecular complexity index is 565. The Labute approximate surface area is 150 Å². The first kappa shape index (κ1) is 19.2. The number of rotatable bonds is 7. The summed E-state index contributed by atoms with van der Waals surface area (Å²) in [4.78, 5) is 30.1. The normalized spacial score (nSPS) is 15.1. The van der Waals surface area contributed by atoms with Crippen LogP contribution in [0.5, 0.6) is 0 Å². The van der Waals surface area contributed by atoms with E-state index in [1.807, 2.05) is 24.3 Å². The minimum Gasteiger partial charge on any atom is -0.369 e. The van der Waals surface area contributed by atoms with Crippen LogP contribution in [0.4, 0.5) is 11.4 Å². The zero-order valence-electron chi connectivity index (χ0n) is 15.6. The summed E-state index contributed by atoms with van der Waals surface area (Å²) >= 11 is 0. The van der Waals surface area contributed by atoms with Crippen molar-refractivity contribution < 1.29 is 9.59 Å². The van der Waals surface area contributed by atoms with Gasteiger partial charge in [0.1, 0.15) is 0 Å². The highest BCUT2D eigenvalue weighted by molar-refractivity contribution is 5.94. The fourth-order valence-electron chi connectivity index (χ4n) is 2.89. The fraction of sp³-hybridized carbons (Fsp3) is 0.579. The summed E-state index contributed by atoms with van der Waals surface area (Å²) in [6, 6.07) is 7.94. The molecule has 6 nitrogen and oxygen atoms in total. The highest BCUT2D eigenvalue weighted by Crippen LogP contribution is 2.19. The van der Waals surface area contributed by atoms with E-state index < -0.39 is 0 Å². The number of amides is 2. The average Bonchev–Trinajstić information content (AvgIpc) is 2.60. The van der Waals surface area contributed by atoms with E-state index in [2.05, 4.69) is 29.1 Å². The van der Waals surface area contributed by atoms with E-state index in [0.29, 0.717) is 6.54 Å². The van der Waals surface area contributed by atoms with Gasteiger partial charge in [-0.2, -0.15) is 0 Å². The third-order valence-electron chi connectivity index (χ3n) is 4.58. The molecule has 0 saturated carbocycles. The second kappa shape index (κ2) is 9.42. The molecule has 1 saturated heterocycles. The molecule has 0 spiro atoms. The number of anilines is 2. The predicted octanol–water partition coefficient (Wildman–Crippen LogP) is 2.03. The SMILES string of the molecule is CCCCN(CC(=O)Nc1ccc(N2CCN(C)CC2)cc1)C(C)=O. The van der Waals surface area contributed by atoms with Crippen molar-refractivity contribution >= 4 is 23.2 Å². The van der Waals surface area contributed by atoms with Crippen molar-refractivity contribution in [2.24, 2.45) is 0 Å². The van der Waals surface area contributed by atoms with Gasteiger partial charge >= 0.3 is 0 Å². The number of carbonyl (C=O) groups excluding carboxylic acids is 2. The Balaban J connectivity index is 1.87. The maximum Gasteiger partial charge on any atom is 0.243 e. The molecule has 1 N–H and O–H groups in total. The van der Waals surface area contributed by atoms with Gasteiger partial charge < -0.3 is 20.0 Å². The number of nitrogens with zero attached hydrogens (tertiary/aromatic N) is 3. The molecule has 2 rings (SSSR count). The largest absolute Gasteiger partial charge is 0.369 e. The van der Waals surface area contributed by atoms with Crippen molar-refractivity contribution in [3.05, 3.63) is 24.3 Å². The predicted molar refractivity (Wildman–Crippen MR) is 102 cm³/mol. The van der Waals surface area contributed by atoms with Crippen LogP contribution < -0.4 is 10.2 Å². The third kappa shape index (κ3) is 6.05. The van der Waals surface area contributed by atoms with E-state index in [4.69, 9.17) is 0 Å². The van der Waals surface area contributed by atoms with Crippen molar-refractivity contribution in [1.29, 1.82) is 0 Å². The molecule has 0 aromatic heterocycles. The van der Waals surface area contributed by atoms with Crippen LogP contribution in [-0.2, 0) is 9.59 Å². The molecule has 0 bridgehead atoms. The Morgan fingerprint density at radius 3 is 2.32 bits per heavy atom. The Morgan fingerprint density at radius 2 is 1.76 bits per heavy atom. The van der Waals surface area contributed by atoms with Gasteiger partial charge in [-0.1, -0.05) is 13.3 Å². The molecular weight excluding hydrogens is 316 g/mol. The molecule has 0 radical (unpaired) electrons. The summed E-state index contributed by atoms with van der Waals surface area (Å²) in [5.41, 5.74) is 1.95. The first-order valence-electron chi connectivity index (χ1n) is 9.08. The minimum atomic E-state index is -0.154. The number of piperazine rings is 1. The lowest BCUT2D eigenvalue weighted by molar-refractivity contribution is -0.132. The van der Waals surface area contributed by atoms with Crippen molar-refractivity contribution in [3.8, 4) is 0 Å². The summed E-state index contributed by atoms with van der Waals surface area (Å²) in [7, 11) is 2.14. The van der Waals surface area contributed by atoms with Crippen LogP contribution in [0.2, 0.25) is 0 Å².